The van der Waals surface area contributed by atoms with Gasteiger partial charge in [-0.25, -0.2) is 9.67 Å². The molecule has 218 valence electrons. The molecule has 1 amide bonds. The number of hydrogen-bond donors (Lipinski definition) is 0. The normalized spacial score (nSPS) is 16.0. The van der Waals surface area contributed by atoms with Crippen LogP contribution in [0.1, 0.15) is 68.4 Å². The van der Waals surface area contributed by atoms with Crippen molar-refractivity contribution >= 4 is 22.6 Å². The Bertz CT molecular complexity index is 1580. The molecule has 2 aliphatic rings. The van der Waals surface area contributed by atoms with Crippen LogP contribution in [-0.2, 0) is 32.7 Å². The molecule has 0 aliphatic heterocycles. The number of aromatic nitrogens is 4. The molecule has 8 nitrogen and oxygen atoms in total. The molecule has 2 aromatic heterocycles. The first-order valence-electron chi connectivity index (χ1n) is 15.2. The van der Waals surface area contributed by atoms with Crippen LogP contribution in [0.3, 0.4) is 0 Å². The van der Waals surface area contributed by atoms with Crippen molar-refractivity contribution in [1.29, 1.82) is 0 Å². The molecule has 2 aromatic carbocycles. The van der Waals surface area contributed by atoms with Gasteiger partial charge in [0.2, 0.25) is 5.91 Å². The maximum Gasteiger partial charge on any atom is 0.305 e. The van der Waals surface area contributed by atoms with Gasteiger partial charge in [-0.3, -0.25) is 14.6 Å². The average molecular weight is 566 g/mol. The van der Waals surface area contributed by atoms with E-state index in [0.29, 0.717) is 38.2 Å². The fourth-order valence-electron chi connectivity index (χ4n) is 6.53. The van der Waals surface area contributed by atoms with Crippen LogP contribution in [0.2, 0.25) is 0 Å². The molecule has 0 atom stereocenters. The van der Waals surface area contributed by atoms with E-state index in [-0.39, 0.29) is 17.9 Å². The zero-order valence-corrected chi connectivity index (χ0v) is 24.6. The Labute approximate surface area is 247 Å². The van der Waals surface area contributed by atoms with Gasteiger partial charge in [0.15, 0.2) is 5.82 Å². The molecule has 6 rings (SSSR count). The number of rotatable bonds is 11. The highest BCUT2D eigenvalue weighted by Crippen LogP contribution is 2.52. The lowest BCUT2D eigenvalue weighted by Crippen LogP contribution is -2.46. The van der Waals surface area contributed by atoms with Gasteiger partial charge in [-0.15, -0.1) is 0 Å². The van der Waals surface area contributed by atoms with Gasteiger partial charge >= 0.3 is 5.97 Å². The first-order chi connectivity index (χ1) is 20.5. The lowest BCUT2D eigenvalue weighted by molar-refractivity contribution is -0.140. The summed E-state index contributed by atoms with van der Waals surface area (Å²) in [4.78, 5) is 37.3. The number of carbonyl (C=O) groups is 2. The van der Waals surface area contributed by atoms with Crippen LogP contribution in [0.15, 0.2) is 60.8 Å². The van der Waals surface area contributed by atoms with Gasteiger partial charge in [0.05, 0.1) is 19.1 Å². The molecular formula is C34H39N5O3. The van der Waals surface area contributed by atoms with Crippen molar-refractivity contribution in [2.24, 2.45) is 0 Å². The highest BCUT2D eigenvalue weighted by Gasteiger charge is 2.54. The number of carbonyl (C=O) groups excluding carboxylic acids is 2. The number of fused-ring (bicyclic) bond motifs is 1. The summed E-state index contributed by atoms with van der Waals surface area (Å²) in [5.74, 6) is 1.53. The van der Waals surface area contributed by atoms with E-state index in [4.69, 9.17) is 14.8 Å². The van der Waals surface area contributed by atoms with Crippen LogP contribution in [0.4, 0.5) is 0 Å². The number of hydrogen-bond acceptors (Lipinski definition) is 6. The molecule has 4 aromatic rings. The zero-order chi connectivity index (χ0) is 29.1. The van der Waals surface area contributed by atoms with E-state index in [1.165, 1.54) is 36.3 Å². The van der Waals surface area contributed by atoms with E-state index in [1.54, 1.807) is 6.20 Å². The summed E-state index contributed by atoms with van der Waals surface area (Å²) in [6.07, 6.45) is 9.77. The molecule has 2 heterocycles. The van der Waals surface area contributed by atoms with Crippen molar-refractivity contribution in [3.8, 4) is 11.4 Å². The van der Waals surface area contributed by atoms with Crippen LogP contribution >= 0.6 is 0 Å². The number of methoxy groups -OCH3 is 1. The fourth-order valence-corrected chi connectivity index (χ4v) is 6.53. The van der Waals surface area contributed by atoms with Crippen LogP contribution < -0.4 is 0 Å². The number of amides is 1. The Morgan fingerprint density at radius 2 is 1.86 bits per heavy atom. The Kier molecular flexibility index (Phi) is 8.05. The molecule has 8 heteroatoms. The SMILES string of the molecule is COC(=O)CCCc1cc(-c2nc(C)n(CCN(C(=O)C3(c4cccc5ccccc45)CC3)C3CCCC3)n2)ccn1. The van der Waals surface area contributed by atoms with Gasteiger partial charge in [0, 0.05) is 36.5 Å². The van der Waals surface area contributed by atoms with Crippen molar-refractivity contribution in [2.75, 3.05) is 13.7 Å². The summed E-state index contributed by atoms with van der Waals surface area (Å²) >= 11 is 0. The Balaban J connectivity index is 1.19. The summed E-state index contributed by atoms with van der Waals surface area (Å²) in [5.41, 5.74) is 2.55. The summed E-state index contributed by atoms with van der Waals surface area (Å²) in [6, 6.07) is 19.0. The lowest BCUT2D eigenvalue weighted by Gasteiger charge is -2.33. The van der Waals surface area contributed by atoms with Crippen molar-refractivity contribution in [1.82, 2.24) is 24.6 Å². The standard InChI is InChI=1S/C34H39N5O3/c1-24-36-32(26-17-20-35-27(23-26)11-8-16-31(40)42-2)37-39(24)22-21-38(28-12-4-5-13-28)33(41)34(18-19-34)30-15-7-10-25-9-3-6-14-29(25)30/h3,6-7,9-10,14-15,17,20,23,28H,4-5,8,11-13,16,18-19,21-22H2,1-2H3. The number of esters is 1. The van der Waals surface area contributed by atoms with Gasteiger partial charge in [-0.2, -0.15) is 5.10 Å². The number of ether oxygens (including phenoxy) is 1. The first kappa shape index (κ1) is 28.1. The highest BCUT2D eigenvalue weighted by atomic mass is 16.5. The van der Waals surface area contributed by atoms with E-state index in [0.717, 1.165) is 42.8 Å². The van der Waals surface area contributed by atoms with E-state index >= 15 is 0 Å². The highest BCUT2D eigenvalue weighted by molar-refractivity contribution is 5.98. The quantitative estimate of drug-likeness (QED) is 0.214. The molecule has 0 saturated heterocycles. The molecule has 0 unspecified atom stereocenters. The van der Waals surface area contributed by atoms with Crippen molar-refractivity contribution in [3.05, 3.63) is 77.9 Å². The lowest BCUT2D eigenvalue weighted by atomic mass is 9.89. The van der Waals surface area contributed by atoms with Crippen molar-refractivity contribution in [3.63, 3.8) is 0 Å². The number of nitrogens with zero attached hydrogens (tertiary/aromatic N) is 5. The number of benzene rings is 2. The third kappa shape index (κ3) is 5.67. The Morgan fingerprint density at radius 3 is 2.64 bits per heavy atom. The molecule has 0 bridgehead atoms. The van der Waals surface area contributed by atoms with E-state index in [1.807, 2.05) is 23.7 Å². The smallest absolute Gasteiger partial charge is 0.305 e. The minimum atomic E-state index is -0.423. The maximum absolute atomic E-state index is 14.4. The molecule has 0 N–H and O–H groups in total. The second kappa shape index (κ2) is 12.0. The Morgan fingerprint density at radius 1 is 1.07 bits per heavy atom. The van der Waals surface area contributed by atoms with E-state index in [2.05, 4.69) is 52.3 Å². The van der Waals surface area contributed by atoms with Crippen LogP contribution in [-0.4, -0.2) is 56.2 Å². The molecule has 0 radical (unpaired) electrons. The van der Waals surface area contributed by atoms with Crippen LogP contribution in [0, 0.1) is 6.92 Å². The molecule has 2 fully saturated rings. The second-order valence-electron chi connectivity index (χ2n) is 11.7. The van der Waals surface area contributed by atoms with Crippen LogP contribution in [0.25, 0.3) is 22.2 Å². The minimum absolute atomic E-state index is 0.211. The molecular weight excluding hydrogens is 526 g/mol. The number of aryl methyl sites for hydroxylation is 2. The third-order valence-corrected chi connectivity index (χ3v) is 9.02. The summed E-state index contributed by atoms with van der Waals surface area (Å²) in [6.45, 7) is 3.19. The van der Waals surface area contributed by atoms with Gasteiger partial charge < -0.3 is 9.64 Å². The molecule has 42 heavy (non-hydrogen) atoms. The van der Waals surface area contributed by atoms with Crippen LogP contribution in [0.5, 0.6) is 0 Å². The summed E-state index contributed by atoms with van der Waals surface area (Å²) < 4.78 is 6.67. The average Bonchev–Trinajstić information content (AvgIpc) is 3.47. The van der Waals surface area contributed by atoms with E-state index in [9.17, 15) is 9.59 Å². The maximum atomic E-state index is 14.4. The van der Waals surface area contributed by atoms with Gasteiger partial charge in [0.1, 0.15) is 5.82 Å². The van der Waals surface area contributed by atoms with Crippen molar-refractivity contribution in [2.45, 2.75) is 82.7 Å². The third-order valence-electron chi connectivity index (χ3n) is 9.02. The van der Waals surface area contributed by atoms with Gasteiger partial charge in [0.25, 0.3) is 0 Å². The summed E-state index contributed by atoms with van der Waals surface area (Å²) in [7, 11) is 1.41. The summed E-state index contributed by atoms with van der Waals surface area (Å²) in [5, 5.41) is 7.22. The fraction of sp³-hybridized carbons (Fsp3) is 0.441. The zero-order valence-electron chi connectivity index (χ0n) is 24.6. The molecule has 2 saturated carbocycles. The number of pyridine rings is 1. The van der Waals surface area contributed by atoms with Gasteiger partial charge in [-0.1, -0.05) is 55.3 Å². The molecule has 0 spiro atoms. The predicted molar refractivity (Wildman–Crippen MR) is 162 cm³/mol. The minimum Gasteiger partial charge on any atom is -0.469 e. The van der Waals surface area contributed by atoms with E-state index < -0.39 is 5.41 Å². The first-order valence-corrected chi connectivity index (χ1v) is 15.2. The predicted octanol–water partition coefficient (Wildman–Crippen LogP) is 5.80. The van der Waals surface area contributed by atoms with Crippen molar-refractivity contribution < 1.29 is 14.3 Å². The second-order valence-corrected chi connectivity index (χ2v) is 11.7. The molecule has 2 aliphatic carbocycles. The monoisotopic (exact) mass is 565 g/mol. The largest absolute Gasteiger partial charge is 0.469 e. The topological polar surface area (TPSA) is 90.2 Å². The van der Waals surface area contributed by atoms with Gasteiger partial charge in [-0.05, 0) is 73.9 Å². The Hall–Kier alpha value is -4.07.